The molecule has 0 spiro atoms. The molecule has 18 heteroatoms. The van der Waals surface area contributed by atoms with Gasteiger partial charge in [0.1, 0.15) is 23.5 Å². The van der Waals surface area contributed by atoms with Crippen molar-refractivity contribution < 1.29 is 53.9 Å². The largest absolute Gasteiger partial charge is 0.480 e. The lowest BCUT2D eigenvalue weighted by Crippen LogP contribution is -2.71. The molecule has 6 amide bonds. The molecule has 0 aromatic heterocycles. The highest BCUT2D eigenvalue weighted by atomic mass is 32.2. The van der Waals surface area contributed by atoms with Crippen molar-refractivity contribution in [3.8, 4) is 0 Å². The Morgan fingerprint density at radius 2 is 1.67 bits per heavy atom. The summed E-state index contributed by atoms with van der Waals surface area (Å²) in [5.74, 6) is -2.42. The molecule has 39 heavy (non-hydrogen) atoms. The van der Waals surface area contributed by atoms with Gasteiger partial charge in [-0.3, -0.25) is 9.59 Å². The number of benzene rings is 1. The minimum Gasteiger partial charge on any atom is -0.480 e. The van der Waals surface area contributed by atoms with Crippen LogP contribution in [0.25, 0.3) is 0 Å². The van der Waals surface area contributed by atoms with Gasteiger partial charge in [-0.15, -0.1) is 11.8 Å². The van der Waals surface area contributed by atoms with Crippen molar-refractivity contribution in [2.24, 2.45) is 0 Å². The summed E-state index contributed by atoms with van der Waals surface area (Å²) < 4.78 is 23.3. The zero-order valence-corrected chi connectivity index (χ0v) is 22.7. The van der Waals surface area contributed by atoms with Crippen LogP contribution in [0.1, 0.15) is 25.5 Å². The van der Waals surface area contributed by atoms with Crippen LogP contribution in [0.2, 0.25) is 0 Å². The molecular weight excluding hydrogens is 562 g/mol. The van der Waals surface area contributed by atoms with Crippen molar-refractivity contribution in [3.05, 3.63) is 35.9 Å². The van der Waals surface area contributed by atoms with Crippen LogP contribution in [0.3, 0.4) is 0 Å². The van der Waals surface area contributed by atoms with Crippen LogP contribution in [0, 0.1) is 0 Å². The van der Waals surface area contributed by atoms with E-state index in [1.807, 2.05) is 0 Å². The maximum Gasteiger partial charge on any atom is 0.341 e. The van der Waals surface area contributed by atoms with Gasteiger partial charge in [-0.25, -0.2) is 32.0 Å². The second-order valence-electron chi connectivity index (χ2n) is 9.15. The van der Waals surface area contributed by atoms with Crippen LogP contribution >= 0.6 is 11.8 Å². The molecule has 0 saturated carbocycles. The summed E-state index contributed by atoms with van der Waals surface area (Å²) in [4.78, 5) is 65.0. The number of carbonyl (C=O) groups excluding carboxylic acids is 4. The fourth-order valence-corrected chi connectivity index (χ4v) is 6.96. The summed E-state index contributed by atoms with van der Waals surface area (Å²) in [6, 6.07) is 2.76. The first kappa shape index (κ1) is 33.6. The highest BCUT2D eigenvalue weighted by Gasteiger charge is 2.64. The number of amides is 6. The second kappa shape index (κ2) is 11.7. The van der Waals surface area contributed by atoms with Crippen molar-refractivity contribution in [2.75, 3.05) is 19.3 Å². The Labute approximate surface area is 227 Å². The Morgan fingerprint density at radius 3 is 2.18 bits per heavy atom. The first-order chi connectivity index (χ1) is 16.7. The third-order valence-electron chi connectivity index (χ3n) is 6.25. The van der Waals surface area contributed by atoms with Gasteiger partial charge >= 0.3 is 18.0 Å². The van der Waals surface area contributed by atoms with E-state index in [1.165, 1.54) is 16.7 Å². The van der Waals surface area contributed by atoms with E-state index in [4.69, 9.17) is 0 Å². The molecule has 3 aliphatic heterocycles. The van der Waals surface area contributed by atoms with E-state index in [0.717, 1.165) is 6.26 Å². The quantitative estimate of drug-likeness (QED) is 0.289. The van der Waals surface area contributed by atoms with Gasteiger partial charge < -0.3 is 37.1 Å². The van der Waals surface area contributed by atoms with E-state index in [2.05, 4.69) is 10.6 Å². The fraction of sp³-hybridized carbons (Fsp3) is 0.476. The number of carboxylic acids is 1. The maximum atomic E-state index is 13.3. The zero-order valence-electron chi connectivity index (χ0n) is 21.1. The molecule has 9 N–H and O–H groups in total. The Kier molecular flexibility index (Phi) is 10.1. The lowest BCUT2D eigenvalue weighted by atomic mass is 9.95. The maximum absolute atomic E-state index is 13.3. The number of rotatable bonds is 6. The molecule has 3 fully saturated rings. The number of fused-ring (bicyclic) bond motifs is 1. The average molecular weight is 594 g/mol. The molecule has 4 atom stereocenters. The van der Waals surface area contributed by atoms with Gasteiger partial charge in [-0.1, -0.05) is 30.3 Å². The number of aliphatic carboxylic acids is 1. The lowest BCUT2D eigenvalue weighted by molar-refractivity contribution is -0.161. The zero-order chi connectivity index (χ0) is 26.6. The number of thioether (sulfide) groups is 1. The van der Waals surface area contributed by atoms with Gasteiger partial charge in [0.15, 0.2) is 0 Å². The predicted molar refractivity (Wildman–Crippen MR) is 138 cm³/mol. The number of β-lactam (4-membered cyclic amide) rings is 1. The molecule has 0 aliphatic carbocycles. The molecular formula is C21H31N5O11S2. The third-order valence-corrected chi connectivity index (χ3v) is 8.96. The summed E-state index contributed by atoms with van der Waals surface area (Å²) in [6.45, 7) is 3.02. The van der Waals surface area contributed by atoms with Gasteiger partial charge in [0, 0.05) is 4.75 Å². The Hall–Kier alpha value is -3.45. The molecule has 1 aromatic rings. The molecule has 3 saturated heterocycles. The summed E-state index contributed by atoms with van der Waals surface area (Å²) in [5.41, 5.74) is 0.362. The van der Waals surface area contributed by atoms with Crippen molar-refractivity contribution >= 4 is 51.6 Å². The van der Waals surface area contributed by atoms with Crippen molar-refractivity contribution in [1.29, 1.82) is 0 Å². The summed E-state index contributed by atoms with van der Waals surface area (Å²) >= 11 is 1.26. The number of carboxylic acid groups (broad SMARTS) is 1. The normalized spacial score (nSPS) is 23.8. The van der Waals surface area contributed by atoms with E-state index < -0.39 is 68.1 Å². The minimum absolute atomic E-state index is 0. The smallest absolute Gasteiger partial charge is 0.341 e. The number of hydrogen-bond acceptors (Lipinski definition) is 8. The molecule has 16 nitrogen and oxygen atoms in total. The third kappa shape index (κ3) is 5.93. The van der Waals surface area contributed by atoms with E-state index >= 15 is 0 Å². The van der Waals surface area contributed by atoms with E-state index in [9.17, 15) is 37.5 Å². The summed E-state index contributed by atoms with van der Waals surface area (Å²) in [7, 11) is -3.87. The van der Waals surface area contributed by atoms with Crippen LogP contribution in [0.5, 0.6) is 0 Å². The number of carbonyl (C=O) groups is 5. The number of urea groups is 2. The standard InChI is InChI=1S/C21H25N5O8S2.3H2O/c1-21(2)14(18(29)30)26-16(28)13(17(26)35-21)22-15(27)12(11-7-5-4-6-8-11)23-19(31)24-9-10-25(20(24)32)36(3,33)34;;;/h4-8,12-14,17H,9-10H2,1-3H3,(H,22,27)(H,23,31)(H,29,30);3*1H2/t12?,13-,14+,17-;;;/m1.../s1. The lowest BCUT2D eigenvalue weighted by Gasteiger charge is -2.44. The Bertz CT molecular complexity index is 1240. The Balaban J connectivity index is 0.00000253. The predicted octanol–water partition coefficient (Wildman–Crippen LogP) is -2.71. The molecule has 0 radical (unpaired) electrons. The topological polar surface area (TPSA) is 268 Å². The van der Waals surface area contributed by atoms with Gasteiger partial charge in [0.2, 0.25) is 21.8 Å². The Morgan fingerprint density at radius 1 is 1.08 bits per heavy atom. The monoisotopic (exact) mass is 593 g/mol. The number of nitrogens with zero attached hydrogens (tertiary/aromatic N) is 3. The number of imide groups is 1. The number of nitrogens with one attached hydrogen (secondary N) is 2. The molecule has 1 aromatic carbocycles. The van der Waals surface area contributed by atoms with E-state index in [0.29, 0.717) is 14.8 Å². The summed E-state index contributed by atoms with van der Waals surface area (Å²) in [5, 5.41) is 14.0. The van der Waals surface area contributed by atoms with Crippen LogP contribution in [-0.4, -0.2) is 115 Å². The number of hydrogen-bond donors (Lipinski definition) is 3. The van der Waals surface area contributed by atoms with E-state index in [-0.39, 0.29) is 29.5 Å². The fourth-order valence-electron chi connectivity index (χ4n) is 4.54. The van der Waals surface area contributed by atoms with Gasteiger partial charge in [0.05, 0.1) is 19.3 Å². The first-order valence-corrected chi connectivity index (χ1v) is 13.6. The molecule has 0 bridgehead atoms. The SMILES string of the molecule is CC1(C)S[C@@H]2[C@H](NC(=O)C(NC(=O)N3CCN(S(C)(=O)=O)C3=O)c3ccccc3)C(=O)N2[C@H]1C(=O)O.O.O.O. The van der Waals surface area contributed by atoms with Gasteiger partial charge in [-0.05, 0) is 19.4 Å². The van der Waals surface area contributed by atoms with Gasteiger partial charge in [0.25, 0.3) is 0 Å². The van der Waals surface area contributed by atoms with Crippen molar-refractivity contribution in [1.82, 2.24) is 24.7 Å². The minimum atomic E-state index is -3.87. The first-order valence-electron chi connectivity index (χ1n) is 10.9. The average Bonchev–Trinajstić information content (AvgIpc) is 3.31. The second-order valence-corrected chi connectivity index (χ2v) is 12.8. The van der Waals surface area contributed by atoms with Crippen LogP contribution in [0.15, 0.2) is 30.3 Å². The van der Waals surface area contributed by atoms with Crippen LogP contribution in [-0.2, 0) is 24.4 Å². The molecule has 3 heterocycles. The van der Waals surface area contributed by atoms with Crippen molar-refractivity contribution in [2.45, 2.75) is 42.1 Å². The number of sulfonamides is 1. The van der Waals surface area contributed by atoms with Gasteiger partial charge in [-0.2, -0.15) is 0 Å². The molecule has 1 unspecified atom stereocenters. The summed E-state index contributed by atoms with van der Waals surface area (Å²) in [6.07, 6.45) is 0.850. The van der Waals surface area contributed by atoms with Crippen LogP contribution < -0.4 is 10.6 Å². The highest BCUT2D eigenvalue weighted by Crippen LogP contribution is 2.50. The van der Waals surface area contributed by atoms with E-state index in [1.54, 1.807) is 44.2 Å². The van der Waals surface area contributed by atoms with Crippen molar-refractivity contribution in [3.63, 3.8) is 0 Å². The molecule has 218 valence electrons. The van der Waals surface area contributed by atoms with Crippen LogP contribution in [0.4, 0.5) is 9.59 Å². The molecule has 4 rings (SSSR count). The molecule has 3 aliphatic rings. The highest BCUT2D eigenvalue weighted by molar-refractivity contribution is 8.01.